The second-order valence-corrected chi connectivity index (χ2v) is 8.18. The number of para-hydroxylation sites is 1. The number of anilines is 1. The van der Waals surface area contributed by atoms with Crippen LogP contribution in [0.15, 0.2) is 24.3 Å². The number of hydrogen-bond acceptors (Lipinski definition) is 8. The highest BCUT2D eigenvalue weighted by Gasteiger charge is 2.20. The van der Waals surface area contributed by atoms with Gasteiger partial charge in [-0.3, -0.25) is 4.79 Å². The second-order valence-electron chi connectivity index (χ2n) is 7.10. The van der Waals surface area contributed by atoms with Crippen LogP contribution in [0.4, 0.5) is 5.82 Å². The van der Waals surface area contributed by atoms with Crippen molar-refractivity contribution in [3.63, 3.8) is 0 Å². The second kappa shape index (κ2) is 8.66. The van der Waals surface area contributed by atoms with E-state index in [2.05, 4.69) is 9.97 Å². The van der Waals surface area contributed by atoms with Gasteiger partial charge in [0, 0.05) is 4.88 Å². The zero-order valence-corrected chi connectivity index (χ0v) is 17.2. The maximum absolute atomic E-state index is 12.5. The number of ether oxygens (including phenoxy) is 2. The number of fused-ring (bicyclic) bond motifs is 3. The number of rotatable bonds is 6. The molecule has 0 atom stereocenters. The fourth-order valence-electron chi connectivity index (χ4n) is 3.59. The Hall–Kier alpha value is -3.20. The minimum Gasteiger partial charge on any atom is -0.483 e. The molecule has 4 N–H and O–H groups in total. The summed E-state index contributed by atoms with van der Waals surface area (Å²) in [6.45, 7) is -0.449. The number of benzene rings is 1. The third-order valence-corrected chi connectivity index (χ3v) is 6.13. The summed E-state index contributed by atoms with van der Waals surface area (Å²) >= 11 is 1.65. The number of nitrogens with zero attached hydrogens (tertiary/aromatic N) is 2. The summed E-state index contributed by atoms with van der Waals surface area (Å²) in [5, 5.41) is 0.942. The van der Waals surface area contributed by atoms with Gasteiger partial charge in [-0.1, -0.05) is 18.6 Å². The van der Waals surface area contributed by atoms with E-state index in [9.17, 15) is 9.59 Å². The lowest BCUT2D eigenvalue weighted by Crippen LogP contribution is -2.21. The third kappa shape index (κ3) is 4.20. The maximum atomic E-state index is 12.5. The number of esters is 1. The molecule has 0 aliphatic heterocycles. The molecule has 1 amide bonds. The Labute approximate surface area is 177 Å². The molecule has 1 aromatic carbocycles. The number of carbonyl (C=O) groups is 2. The van der Waals surface area contributed by atoms with Gasteiger partial charge in [-0.05, 0) is 43.4 Å². The minimum absolute atomic E-state index is 0.119. The Morgan fingerprint density at radius 1 is 1.10 bits per heavy atom. The molecule has 9 heteroatoms. The molecule has 0 spiro atoms. The standard InChI is InChI=1S/C21H22N4O4S/c22-16(26)10-28-14-8-5-4-6-12(14)21(27)29-11-17-24-19(23)18-13-7-2-1-3-9-15(13)30-20(18)25-17/h4-6,8H,1-3,7,9-11H2,(H2,22,26)(H2,23,24,25). The fraction of sp³-hybridized carbons (Fsp3) is 0.333. The van der Waals surface area contributed by atoms with Crippen molar-refractivity contribution in [1.29, 1.82) is 0 Å². The SMILES string of the molecule is NC(=O)COc1ccccc1C(=O)OCc1nc(N)c2c3c(sc2n1)CCCCC3. The van der Waals surface area contributed by atoms with Gasteiger partial charge in [-0.25, -0.2) is 14.8 Å². The first-order valence-corrected chi connectivity index (χ1v) is 10.6. The number of nitrogen functional groups attached to an aromatic ring is 1. The number of aromatic nitrogens is 2. The monoisotopic (exact) mass is 426 g/mol. The quantitative estimate of drug-likeness (QED) is 0.458. The summed E-state index contributed by atoms with van der Waals surface area (Å²) in [6.07, 6.45) is 5.59. The van der Waals surface area contributed by atoms with E-state index in [0.717, 1.165) is 29.5 Å². The summed E-state index contributed by atoms with van der Waals surface area (Å²) in [5.41, 5.74) is 12.8. The van der Waals surface area contributed by atoms with E-state index >= 15 is 0 Å². The van der Waals surface area contributed by atoms with Crippen molar-refractivity contribution >= 4 is 39.2 Å². The van der Waals surface area contributed by atoms with Crippen molar-refractivity contribution in [2.24, 2.45) is 5.73 Å². The largest absolute Gasteiger partial charge is 0.483 e. The number of hydrogen-bond donors (Lipinski definition) is 2. The van der Waals surface area contributed by atoms with E-state index in [-0.39, 0.29) is 24.5 Å². The Balaban J connectivity index is 1.52. The lowest BCUT2D eigenvalue weighted by Gasteiger charge is -2.10. The molecule has 2 aromatic heterocycles. The highest BCUT2D eigenvalue weighted by Crippen LogP contribution is 2.37. The molecule has 0 unspecified atom stereocenters. The molecule has 2 heterocycles. The van der Waals surface area contributed by atoms with Crippen LogP contribution in [0.2, 0.25) is 0 Å². The number of nitrogens with two attached hydrogens (primary N) is 2. The molecule has 30 heavy (non-hydrogen) atoms. The van der Waals surface area contributed by atoms with Gasteiger partial charge in [0.15, 0.2) is 19.0 Å². The van der Waals surface area contributed by atoms with Crippen LogP contribution in [0, 0.1) is 0 Å². The van der Waals surface area contributed by atoms with Gasteiger partial charge in [-0.2, -0.15) is 0 Å². The molecule has 0 saturated carbocycles. The van der Waals surface area contributed by atoms with Gasteiger partial charge in [0.2, 0.25) is 0 Å². The normalized spacial score (nSPS) is 13.5. The molecule has 1 aliphatic carbocycles. The summed E-state index contributed by atoms with van der Waals surface area (Å²) in [6, 6.07) is 6.48. The van der Waals surface area contributed by atoms with Crippen molar-refractivity contribution in [3.05, 3.63) is 46.1 Å². The van der Waals surface area contributed by atoms with Crippen LogP contribution in [-0.2, 0) is 29.0 Å². The van der Waals surface area contributed by atoms with Crippen LogP contribution >= 0.6 is 11.3 Å². The highest BCUT2D eigenvalue weighted by molar-refractivity contribution is 7.19. The smallest absolute Gasteiger partial charge is 0.342 e. The molecule has 0 saturated heterocycles. The molecule has 0 fully saturated rings. The van der Waals surface area contributed by atoms with Crippen molar-refractivity contribution in [2.75, 3.05) is 12.3 Å². The van der Waals surface area contributed by atoms with E-state index in [0.29, 0.717) is 11.6 Å². The Kier molecular flexibility index (Phi) is 5.80. The fourth-order valence-corrected chi connectivity index (χ4v) is 4.88. The molecular weight excluding hydrogens is 404 g/mol. The van der Waals surface area contributed by atoms with E-state index in [1.165, 1.54) is 23.3 Å². The topological polar surface area (TPSA) is 130 Å². The van der Waals surface area contributed by atoms with Gasteiger partial charge in [0.05, 0.1) is 5.39 Å². The molecule has 4 rings (SSSR count). The maximum Gasteiger partial charge on any atom is 0.342 e. The van der Waals surface area contributed by atoms with E-state index < -0.39 is 11.9 Å². The highest BCUT2D eigenvalue weighted by atomic mass is 32.1. The van der Waals surface area contributed by atoms with Crippen LogP contribution < -0.4 is 16.2 Å². The average molecular weight is 426 g/mol. The van der Waals surface area contributed by atoms with Crippen molar-refractivity contribution in [2.45, 2.75) is 38.7 Å². The van der Waals surface area contributed by atoms with Crippen molar-refractivity contribution in [3.8, 4) is 5.75 Å². The Bertz CT molecular complexity index is 1110. The van der Waals surface area contributed by atoms with Crippen LogP contribution in [0.3, 0.4) is 0 Å². The van der Waals surface area contributed by atoms with E-state index in [4.69, 9.17) is 20.9 Å². The predicted octanol–water partition coefficient (Wildman–Crippen LogP) is 2.76. The summed E-state index contributed by atoms with van der Waals surface area (Å²) in [4.78, 5) is 34.6. The molecule has 0 bridgehead atoms. The first-order valence-electron chi connectivity index (χ1n) is 9.77. The molecule has 8 nitrogen and oxygen atoms in total. The molecule has 3 aromatic rings. The number of carbonyl (C=O) groups excluding carboxylic acids is 2. The van der Waals surface area contributed by atoms with Crippen LogP contribution in [0.25, 0.3) is 10.2 Å². The summed E-state index contributed by atoms with van der Waals surface area (Å²) in [5.74, 6) is -0.251. The van der Waals surface area contributed by atoms with Crippen LogP contribution in [0.5, 0.6) is 5.75 Å². The zero-order chi connectivity index (χ0) is 21.1. The van der Waals surface area contributed by atoms with Gasteiger partial charge in [-0.15, -0.1) is 11.3 Å². The minimum atomic E-state index is -0.635. The molecular formula is C21H22N4O4S. The third-order valence-electron chi connectivity index (χ3n) is 4.95. The van der Waals surface area contributed by atoms with Gasteiger partial charge in [0.1, 0.15) is 22.0 Å². The lowest BCUT2D eigenvalue weighted by molar-refractivity contribution is -0.119. The van der Waals surface area contributed by atoms with Gasteiger partial charge in [0.25, 0.3) is 5.91 Å². The summed E-state index contributed by atoms with van der Waals surface area (Å²) < 4.78 is 10.7. The van der Waals surface area contributed by atoms with E-state index in [1.807, 2.05) is 0 Å². The number of primary amides is 1. The predicted molar refractivity (Wildman–Crippen MR) is 113 cm³/mol. The Morgan fingerprint density at radius 3 is 2.73 bits per heavy atom. The van der Waals surface area contributed by atoms with Crippen LogP contribution in [-0.4, -0.2) is 28.5 Å². The summed E-state index contributed by atoms with van der Waals surface area (Å²) in [7, 11) is 0. The van der Waals surface area contributed by atoms with Crippen molar-refractivity contribution in [1.82, 2.24) is 9.97 Å². The van der Waals surface area contributed by atoms with Gasteiger partial charge < -0.3 is 20.9 Å². The first-order chi connectivity index (χ1) is 14.5. The van der Waals surface area contributed by atoms with Crippen molar-refractivity contribution < 1.29 is 19.1 Å². The zero-order valence-electron chi connectivity index (χ0n) is 16.3. The Morgan fingerprint density at radius 2 is 1.90 bits per heavy atom. The molecule has 0 radical (unpaired) electrons. The van der Waals surface area contributed by atoms with Gasteiger partial charge >= 0.3 is 5.97 Å². The van der Waals surface area contributed by atoms with Crippen LogP contribution in [0.1, 0.15) is 45.9 Å². The first kappa shape index (κ1) is 20.1. The number of amides is 1. The van der Waals surface area contributed by atoms with E-state index in [1.54, 1.807) is 35.6 Å². The lowest BCUT2D eigenvalue weighted by atomic mass is 10.1. The molecule has 1 aliphatic rings. The number of aryl methyl sites for hydroxylation is 2. The number of thiophene rings is 1. The average Bonchev–Trinajstić information content (AvgIpc) is 2.92. The molecule has 156 valence electrons.